The van der Waals surface area contributed by atoms with Gasteiger partial charge >= 0.3 is 0 Å². The number of anilines is 1. The normalized spacial score (nSPS) is 10.2. The molecule has 21 heavy (non-hydrogen) atoms. The summed E-state index contributed by atoms with van der Waals surface area (Å²) in [5, 5.41) is 2.88. The van der Waals surface area contributed by atoms with Crippen molar-refractivity contribution in [3.63, 3.8) is 0 Å². The number of aryl methyl sites for hydroxylation is 2. The third-order valence-corrected chi connectivity index (χ3v) is 3.88. The number of thiocarbonyl (C=S) groups is 1. The predicted molar refractivity (Wildman–Crippen MR) is 93.9 cm³/mol. The van der Waals surface area contributed by atoms with Crippen molar-refractivity contribution in [3.8, 4) is 0 Å². The first kappa shape index (κ1) is 15.7. The Morgan fingerprint density at radius 3 is 2.24 bits per heavy atom. The summed E-state index contributed by atoms with van der Waals surface area (Å²) in [6, 6.07) is 11.1. The Balaban J connectivity index is 2.25. The SMILES string of the molecule is Cc1cc(C)cc(C(=O)Nc2ccc(C(N)=S)cc2Br)c1. The second-order valence-electron chi connectivity index (χ2n) is 4.89. The van der Waals surface area contributed by atoms with Gasteiger partial charge in [0.05, 0.1) is 5.69 Å². The lowest BCUT2D eigenvalue weighted by Crippen LogP contribution is -2.14. The highest BCUT2D eigenvalue weighted by Gasteiger charge is 2.10. The molecule has 0 aliphatic carbocycles. The number of amides is 1. The monoisotopic (exact) mass is 362 g/mol. The molecule has 0 atom stereocenters. The molecule has 5 heteroatoms. The van der Waals surface area contributed by atoms with Gasteiger partial charge in [-0.1, -0.05) is 29.4 Å². The molecule has 3 nitrogen and oxygen atoms in total. The summed E-state index contributed by atoms with van der Waals surface area (Å²) in [6.45, 7) is 3.94. The standard InChI is InChI=1S/C16H15BrN2OS/c1-9-5-10(2)7-12(6-9)16(20)19-14-4-3-11(15(18)21)8-13(14)17/h3-8H,1-2H3,(H2,18,21)(H,19,20). The Kier molecular flexibility index (Phi) is 4.75. The topological polar surface area (TPSA) is 55.1 Å². The number of carbonyl (C=O) groups excluding carboxylic acids is 1. The van der Waals surface area contributed by atoms with Crippen LogP contribution in [-0.2, 0) is 0 Å². The van der Waals surface area contributed by atoms with Crippen molar-refractivity contribution in [1.29, 1.82) is 0 Å². The second kappa shape index (κ2) is 6.37. The number of halogens is 1. The molecule has 0 aromatic heterocycles. The highest BCUT2D eigenvalue weighted by atomic mass is 79.9. The van der Waals surface area contributed by atoms with Gasteiger partial charge in [0.1, 0.15) is 4.99 Å². The molecule has 1 amide bonds. The van der Waals surface area contributed by atoms with Crippen molar-refractivity contribution in [1.82, 2.24) is 0 Å². The minimum absolute atomic E-state index is 0.148. The summed E-state index contributed by atoms with van der Waals surface area (Å²) in [6.07, 6.45) is 0. The predicted octanol–water partition coefficient (Wildman–Crippen LogP) is 3.95. The zero-order valence-electron chi connectivity index (χ0n) is 11.7. The van der Waals surface area contributed by atoms with Crippen molar-refractivity contribution >= 4 is 44.7 Å². The van der Waals surface area contributed by atoms with Crippen LogP contribution in [0.3, 0.4) is 0 Å². The summed E-state index contributed by atoms with van der Waals surface area (Å²) in [5.41, 5.74) is 9.77. The number of rotatable bonds is 3. The van der Waals surface area contributed by atoms with Crippen molar-refractivity contribution in [2.45, 2.75) is 13.8 Å². The van der Waals surface area contributed by atoms with E-state index in [2.05, 4.69) is 21.2 Å². The van der Waals surface area contributed by atoms with Gasteiger partial charge in [-0.3, -0.25) is 4.79 Å². The molecule has 2 rings (SSSR count). The Morgan fingerprint density at radius 2 is 1.71 bits per heavy atom. The fourth-order valence-electron chi connectivity index (χ4n) is 2.07. The second-order valence-corrected chi connectivity index (χ2v) is 6.18. The van der Waals surface area contributed by atoms with Gasteiger partial charge in [-0.15, -0.1) is 0 Å². The molecule has 0 heterocycles. The van der Waals surface area contributed by atoms with E-state index in [1.807, 2.05) is 32.0 Å². The zero-order chi connectivity index (χ0) is 15.6. The van der Waals surface area contributed by atoms with E-state index in [1.165, 1.54) is 0 Å². The van der Waals surface area contributed by atoms with Gasteiger partial charge in [-0.2, -0.15) is 0 Å². The average Bonchev–Trinajstić information content (AvgIpc) is 2.39. The van der Waals surface area contributed by atoms with E-state index in [4.69, 9.17) is 18.0 Å². The lowest BCUT2D eigenvalue weighted by molar-refractivity contribution is 0.102. The molecule has 0 unspecified atom stereocenters. The van der Waals surface area contributed by atoms with Crippen molar-refractivity contribution in [2.24, 2.45) is 5.73 Å². The fourth-order valence-corrected chi connectivity index (χ4v) is 2.67. The highest BCUT2D eigenvalue weighted by Crippen LogP contribution is 2.24. The zero-order valence-corrected chi connectivity index (χ0v) is 14.1. The van der Waals surface area contributed by atoms with Crippen LogP contribution in [0.15, 0.2) is 40.9 Å². The molecule has 3 N–H and O–H groups in total. The first-order valence-electron chi connectivity index (χ1n) is 6.36. The van der Waals surface area contributed by atoms with Crippen molar-refractivity contribution in [2.75, 3.05) is 5.32 Å². The van der Waals surface area contributed by atoms with E-state index in [0.29, 0.717) is 16.2 Å². The molecule has 0 saturated carbocycles. The molecule has 2 aromatic carbocycles. The van der Waals surface area contributed by atoms with Crippen LogP contribution in [0.1, 0.15) is 27.0 Å². The van der Waals surface area contributed by atoms with E-state index in [-0.39, 0.29) is 5.91 Å². The quantitative estimate of drug-likeness (QED) is 0.812. The lowest BCUT2D eigenvalue weighted by Gasteiger charge is -2.10. The minimum atomic E-state index is -0.148. The molecule has 108 valence electrons. The molecular weight excluding hydrogens is 348 g/mol. The van der Waals surface area contributed by atoms with Gasteiger partial charge in [0.25, 0.3) is 5.91 Å². The van der Waals surface area contributed by atoms with Crippen molar-refractivity contribution < 1.29 is 4.79 Å². The van der Waals surface area contributed by atoms with Gasteiger partial charge in [0.15, 0.2) is 0 Å². The summed E-state index contributed by atoms with van der Waals surface area (Å²) >= 11 is 8.34. The number of hydrogen-bond donors (Lipinski definition) is 2. The summed E-state index contributed by atoms with van der Waals surface area (Å²) < 4.78 is 0.741. The summed E-state index contributed by atoms with van der Waals surface area (Å²) in [4.78, 5) is 12.6. The largest absolute Gasteiger partial charge is 0.389 e. The van der Waals surface area contributed by atoms with Crippen molar-refractivity contribution in [3.05, 3.63) is 63.1 Å². The van der Waals surface area contributed by atoms with Crippen LogP contribution >= 0.6 is 28.1 Å². The van der Waals surface area contributed by atoms with Crippen LogP contribution in [0.25, 0.3) is 0 Å². The van der Waals surface area contributed by atoms with Gasteiger partial charge in [0.2, 0.25) is 0 Å². The first-order chi connectivity index (χ1) is 9.86. The maximum atomic E-state index is 12.3. The van der Waals surface area contributed by atoms with E-state index < -0.39 is 0 Å². The maximum absolute atomic E-state index is 12.3. The van der Waals surface area contributed by atoms with E-state index in [1.54, 1.807) is 18.2 Å². The van der Waals surface area contributed by atoms with Gasteiger partial charge in [-0.05, 0) is 60.1 Å². The van der Waals surface area contributed by atoms with Crippen LogP contribution in [0, 0.1) is 13.8 Å². The minimum Gasteiger partial charge on any atom is -0.389 e. The number of benzene rings is 2. The van der Waals surface area contributed by atoms with Gasteiger partial charge in [0, 0.05) is 15.6 Å². The molecule has 0 aliphatic rings. The Labute approximate surface area is 137 Å². The van der Waals surface area contributed by atoms with Crippen LogP contribution in [-0.4, -0.2) is 10.9 Å². The van der Waals surface area contributed by atoms with Crippen LogP contribution in [0.5, 0.6) is 0 Å². The molecule has 2 aromatic rings. The van der Waals surface area contributed by atoms with E-state index in [9.17, 15) is 4.79 Å². The molecule has 0 spiro atoms. The van der Waals surface area contributed by atoms with Gasteiger partial charge in [-0.25, -0.2) is 0 Å². The summed E-state index contributed by atoms with van der Waals surface area (Å²) in [5.74, 6) is -0.148. The Bertz CT molecular complexity index is 708. The highest BCUT2D eigenvalue weighted by molar-refractivity contribution is 9.10. The van der Waals surface area contributed by atoms with Gasteiger partial charge < -0.3 is 11.1 Å². The Hall–Kier alpha value is -1.72. The third kappa shape index (κ3) is 3.89. The molecule has 0 bridgehead atoms. The molecule has 0 radical (unpaired) electrons. The average molecular weight is 363 g/mol. The smallest absolute Gasteiger partial charge is 0.255 e. The number of hydrogen-bond acceptors (Lipinski definition) is 2. The third-order valence-electron chi connectivity index (χ3n) is 2.99. The molecular formula is C16H15BrN2OS. The molecule has 0 saturated heterocycles. The lowest BCUT2D eigenvalue weighted by atomic mass is 10.1. The van der Waals surface area contributed by atoms with Crippen LogP contribution in [0.2, 0.25) is 0 Å². The number of carbonyl (C=O) groups is 1. The van der Waals surface area contributed by atoms with Crippen LogP contribution < -0.4 is 11.1 Å². The molecule has 0 aliphatic heterocycles. The summed E-state index contributed by atoms with van der Waals surface area (Å²) in [7, 11) is 0. The maximum Gasteiger partial charge on any atom is 0.255 e. The fraction of sp³-hybridized carbons (Fsp3) is 0.125. The number of nitrogens with one attached hydrogen (secondary N) is 1. The van der Waals surface area contributed by atoms with E-state index in [0.717, 1.165) is 21.2 Å². The first-order valence-corrected chi connectivity index (χ1v) is 7.56. The molecule has 0 fully saturated rings. The van der Waals surface area contributed by atoms with Crippen LogP contribution in [0.4, 0.5) is 5.69 Å². The number of nitrogens with two attached hydrogens (primary N) is 1. The van der Waals surface area contributed by atoms with E-state index >= 15 is 0 Å². The Morgan fingerprint density at radius 1 is 1.10 bits per heavy atom.